The number of hydrogen-bond donors (Lipinski definition) is 1. The van der Waals surface area contributed by atoms with Crippen molar-refractivity contribution in [3.8, 4) is 0 Å². The predicted molar refractivity (Wildman–Crippen MR) is 81.6 cm³/mol. The Morgan fingerprint density at radius 1 is 1.10 bits per heavy atom. The van der Waals surface area contributed by atoms with Crippen LogP contribution in [0, 0.1) is 0 Å². The molecule has 1 aliphatic heterocycles. The van der Waals surface area contributed by atoms with Gasteiger partial charge >= 0.3 is 0 Å². The van der Waals surface area contributed by atoms with E-state index in [1.54, 1.807) is 16.7 Å². The van der Waals surface area contributed by atoms with Crippen molar-refractivity contribution >= 4 is 11.8 Å². The van der Waals surface area contributed by atoms with E-state index in [0.29, 0.717) is 32.6 Å². The van der Waals surface area contributed by atoms with Gasteiger partial charge in [0.25, 0.3) is 0 Å². The second-order valence-electron chi connectivity index (χ2n) is 5.48. The number of carbonyl (C=O) groups excluding carboxylic acids is 2. The second-order valence-corrected chi connectivity index (χ2v) is 5.48. The van der Waals surface area contributed by atoms with Gasteiger partial charge < -0.3 is 15.5 Å². The lowest BCUT2D eigenvalue weighted by Gasteiger charge is -2.24. The smallest absolute Gasteiger partial charge is 0.239 e. The van der Waals surface area contributed by atoms with Gasteiger partial charge in [-0.2, -0.15) is 0 Å². The molecule has 1 saturated heterocycles. The Kier molecular flexibility index (Phi) is 5.33. The van der Waals surface area contributed by atoms with Crippen molar-refractivity contribution < 1.29 is 9.59 Å². The summed E-state index contributed by atoms with van der Waals surface area (Å²) in [5.41, 5.74) is 7.12. The molecule has 114 valence electrons. The maximum absolute atomic E-state index is 12.4. The van der Waals surface area contributed by atoms with E-state index in [1.165, 1.54) is 0 Å². The van der Waals surface area contributed by atoms with E-state index in [4.69, 9.17) is 5.73 Å². The van der Waals surface area contributed by atoms with E-state index in [0.717, 1.165) is 12.0 Å². The van der Waals surface area contributed by atoms with Gasteiger partial charge in [0, 0.05) is 33.1 Å². The molecule has 5 nitrogen and oxygen atoms in total. The van der Waals surface area contributed by atoms with Gasteiger partial charge in [-0.05, 0) is 18.4 Å². The zero-order valence-corrected chi connectivity index (χ0v) is 12.5. The lowest BCUT2D eigenvalue weighted by molar-refractivity contribution is -0.133. The van der Waals surface area contributed by atoms with Crippen LogP contribution in [0.15, 0.2) is 30.3 Å². The maximum atomic E-state index is 12.4. The lowest BCUT2D eigenvalue weighted by atomic mass is 10.1. The third-order valence-corrected chi connectivity index (χ3v) is 3.87. The van der Waals surface area contributed by atoms with Crippen molar-refractivity contribution in [3.05, 3.63) is 35.9 Å². The van der Waals surface area contributed by atoms with Crippen LogP contribution >= 0.6 is 0 Å². The first-order chi connectivity index (χ1) is 10.1. The first-order valence-corrected chi connectivity index (χ1v) is 7.41. The summed E-state index contributed by atoms with van der Waals surface area (Å²) >= 11 is 0. The van der Waals surface area contributed by atoms with Gasteiger partial charge in [-0.1, -0.05) is 30.3 Å². The van der Waals surface area contributed by atoms with E-state index in [-0.39, 0.29) is 11.8 Å². The van der Waals surface area contributed by atoms with Gasteiger partial charge in [-0.3, -0.25) is 9.59 Å². The molecule has 0 bridgehead atoms. The summed E-state index contributed by atoms with van der Waals surface area (Å²) in [5.74, 6) is 0.0436. The van der Waals surface area contributed by atoms with Gasteiger partial charge in [-0.15, -0.1) is 0 Å². The molecule has 5 heteroatoms. The van der Waals surface area contributed by atoms with Crippen LogP contribution in [0.2, 0.25) is 0 Å². The minimum absolute atomic E-state index is 0.0238. The predicted octanol–water partition coefficient (Wildman–Crippen LogP) is 0.637. The van der Waals surface area contributed by atoms with Gasteiger partial charge in [0.05, 0.1) is 6.04 Å². The van der Waals surface area contributed by atoms with Gasteiger partial charge in [0.1, 0.15) is 0 Å². The third kappa shape index (κ3) is 4.29. The number of hydrogen-bond acceptors (Lipinski definition) is 3. The Labute approximate surface area is 125 Å². The molecule has 0 aromatic heterocycles. The van der Waals surface area contributed by atoms with Crippen LogP contribution in [0.3, 0.4) is 0 Å². The van der Waals surface area contributed by atoms with Crippen molar-refractivity contribution in [3.63, 3.8) is 0 Å². The quantitative estimate of drug-likeness (QED) is 0.888. The molecule has 1 fully saturated rings. The molecule has 2 N–H and O–H groups in total. The van der Waals surface area contributed by atoms with Crippen molar-refractivity contribution in [2.75, 3.05) is 26.2 Å². The summed E-state index contributed by atoms with van der Waals surface area (Å²) in [6.45, 7) is 4.12. The normalized spacial score (nSPS) is 17.2. The summed E-state index contributed by atoms with van der Waals surface area (Å²) in [5, 5.41) is 0. The molecule has 0 aliphatic carbocycles. The lowest BCUT2D eigenvalue weighted by Crippen LogP contribution is -2.46. The van der Waals surface area contributed by atoms with E-state index < -0.39 is 6.04 Å². The van der Waals surface area contributed by atoms with Crippen LogP contribution < -0.4 is 5.73 Å². The summed E-state index contributed by atoms with van der Waals surface area (Å²) in [6, 6.07) is 9.28. The number of rotatable bonds is 3. The highest BCUT2D eigenvalue weighted by Crippen LogP contribution is 2.08. The number of carbonyl (C=O) groups is 2. The van der Waals surface area contributed by atoms with Crippen LogP contribution in [-0.2, 0) is 16.0 Å². The number of nitrogens with two attached hydrogens (primary N) is 1. The van der Waals surface area contributed by atoms with Crippen LogP contribution in [0.5, 0.6) is 0 Å². The van der Waals surface area contributed by atoms with Crippen LogP contribution in [0.1, 0.15) is 18.9 Å². The fourth-order valence-corrected chi connectivity index (χ4v) is 2.64. The molecule has 1 heterocycles. The zero-order chi connectivity index (χ0) is 15.2. The number of nitrogens with zero attached hydrogens (tertiary/aromatic N) is 2. The van der Waals surface area contributed by atoms with Gasteiger partial charge in [-0.25, -0.2) is 0 Å². The Morgan fingerprint density at radius 2 is 1.71 bits per heavy atom. The molecule has 2 rings (SSSR count). The molecular formula is C16H23N3O2. The van der Waals surface area contributed by atoms with Crippen molar-refractivity contribution in [1.29, 1.82) is 0 Å². The Bertz CT molecular complexity index is 490. The molecule has 1 aliphatic rings. The monoisotopic (exact) mass is 289 g/mol. The Hall–Kier alpha value is -1.88. The SMILES string of the molecule is CC(=O)N1CCCN(C(=O)[C@@H](N)Cc2ccccc2)CC1. The van der Waals surface area contributed by atoms with Crippen LogP contribution in [0.4, 0.5) is 0 Å². The zero-order valence-electron chi connectivity index (χ0n) is 12.5. The van der Waals surface area contributed by atoms with Gasteiger partial charge in [0.2, 0.25) is 11.8 Å². The standard InChI is InChI=1S/C16H23N3O2/c1-13(20)18-8-5-9-19(11-10-18)16(21)15(17)12-14-6-3-2-4-7-14/h2-4,6-7,15H,5,8-12,17H2,1H3/t15-/m0/s1. The molecule has 2 amide bonds. The first-order valence-electron chi connectivity index (χ1n) is 7.41. The highest BCUT2D eigenvalue weighted by molar-refractivity contribution is 5.82. The highest BCUT2D eigenvalue weighted by Gasteiger charge is 2.24. The summed E-state index contributed by atoms with van der Waals surface area (Å²) in [4.78, 5) is 27.4. The summed E-state index contributed by atoms with van der Waals surface area (Å²) < 4.78 is 0. The topological polar surface area (TPSA) is 66.6 Å². The molecular weight excluding hydrogens is 266 g/mol. The number of benzene rings is 1. The minimum Gasteiger partial charge on any atom is -0.341 e. The Balaban J connectivity index is 1.91. The molecule has 0 radical (unpaired) electrons. The molecule has 0 unspecified atom stereocenters. The van der Waals surface area contributed by atoms with E-state index in [2.05, 4.69) is 0 Å². The summed E-state index contributed by atoms with van der Waals surface area (Å²) in [6.07, 6.45) is 1.36. The average Bonchev–Trinajstić information content (AvgIpc) is 2.73. The van der Waals surface area contributed by atoms with E-state index >= 15 is 0 Å². The fourth-order valence-electron chi connectivity index (χ4n) is 2.64. The summed E-state index contributed by atoms with van der Waals surface area (Å²) in [7, 11) is 0. The third-order valence-electron chi connectivity index (χ3n) is 3.87. The largest absolute Gasteiger partial charge is 0.341 e. The van der Waals surface area contributed by atoms with Crippen LogP contribution in [-0.4, -0.2) is 53.8 Å². The molecule has 0 saturated carbocycles. The molecule has 1 aromatic carbocycles. The number of amides is 2. The van der Waals surface area contributed by atoms with Crippen molar-refractivity contribution in [2.45, 2.75) is 25.8 Å². The molecule has 21 heavy (non-hydrogen) atoms. The molecule has 1 aromatic rings. The minimum atomic E-state index is -0.517. The van der Waals surface area contributed by atoms with Gasteiger partial charge in [0.15, 0.2) is 0 Å². The Morgan fingerprint density at radius 3 is 2.38 bits per heavy atom. The first kappa shape index (κ1) is 15.5. The van der Waals surface area contributed by atoms with Crippen molar-refractivity contribution in [1.82, 2.24) is 9.80 Å². The van der Waals surface area contributed by atoms with E-state index in [1.807, 2.05) is 30.3 Å². The molecule has 1 atom stereocenters. The fraction of sp³-hybridized carbons (Fsp3) is 0.500. The van der Waals surface area contributed by atoms with E-state index in [9.17, 15) is 9.59 Å². The second kappa shape index (κ2) is 7.22. The maximum Gasteiger partial charge on any atom is 0.239 e. The average molecular weight is 289 g/mol. The highest BCUT2D eigenvalue weighted by atomic mass is 16.2. The van der Waals surface area contributed by atoms with Crippen molar-refractivity contribution in [2.24, 2.45) is 5.73 Å². The van der Waals surface area contributed by atoms with Crippen LogP contribution in [0.25, 0.3) is 0 Å². The molecule has 0 spiro atoms.